The van der Waals surface area contributed by atoms with Gasteiger partial charge in [0.25, 0.3) is 0 Å². The normalized spacial score (nSPS) is 4.00. The van der Waals surface area contributed by atoms with E-state index in [4.69, 9.17) is 0 Å². The van der Waals surface area contributed by atoms with Crippen LogP contribution in [-0.4, -0.2) is 14.1 Å². The Hall–Kier alpha value is 1.77. The molecule has 0 aromatic carbocycles. The molecule has 0 saturated heterocycles. The predicted molar refractivity (Wildman–Crippen MR) is 26.6 cm³/mol. The molecule has 0 unspecified atom stereocenters. The van der Waals surface area contributed by atoms with Gasteiger partial charge in [0.2, 0.25) is 0 Å². The van der Waals surface area contributed by atoms with Crippen LogP contribution in [0.2, 0.25) is 0 Å². The van der Waals surface area contributed by atoms with Crippen LogP contribution in [-0.2, 0) is 0 Å². The van der Waals surface area contributed by atoms with Crippen molar-refractivity contribution in [2.75, 3.05) is 14.1 Å². The molecule has 0 heterocycles. The SMILES string of the molecule is CC.C[N-]C.[Rb+]. The number of hydrogen-bond donors (Lipinski definition) is 0. The maximum atomic E-state index is 3.50. The number of rotatable bonds is 0. The van der Waals surface area contributed by atoms with E-state index in [9.17, 15) is 0 Å². The summed E-state index contributed by atoms with van der Waals surface area (Å²) in [5.74, 6) is 0. The molecule has 0 bridgehead atoms. The van der Waals surface area contributed by atoms with Crippen molar-refractivity contribution >= 4 is 0 Å². The number of hydrogen-bond acceptors (Lipinski definition) is 0. The third-order valence-electron chi connectivity index (χ3n) is 0. The third kappa shape index (κ3) is 42.0. The summed E-state index contributed by atoms with van der Waals surface area (Å²) in [5.41, 5.74) is 0. The van der Waals surface area contributed by atoms with Gasteiger partial charge in [0.15, 0.2) is 0 Å². The first-order valence-electron chi connectivity index (χ1n) is 1.89. The third-order valence-corrected chi connectivity index (χ3v) is 0. The second-order valence-corrected chi connectivity index (χ2v) is 0.447. The molecule has 1 nitrogen and oxygen atoms in total. The van der Waals surface area contributed by atoms with Crippen LogP contribution in [0.25, 0.3) is 5.32 Å². The van der Waals surface area contributed by atoms with E-state index in [2.05, 4.69) is 5.32 Å². The first kappa shape index (κ1) is 15.7. The molecule has 0 N–H and O–H groups in total. The van der Waals surface area contributed by atoms with Crippen LogP contribution in [0.1, 0.15) is 13.8 Å². The smallest absolute Gasteiger partial charge is 0.668 e. The Kier molecular flexibility index (Phi) is 76.7. The molecule has 0 aliphatic carbocycles. The van der Waals surface area contributed by atoms with E-state index in [1.54, 1.807) is 14.1 Å². The first-order chi connectivity index (χ1) is 2.41. The van der Waals surface area contributed by atoms with Gasteiger partial charge < -0.3 is 5.32 Å². The summed E-state index contributed by atoms with van der Waals surface area (Å²) in [5, 5.41) is 3.50. The zero-order valence-corrected chi connectivity index (χ0v) is 10.4. The van der Waals surface area contributed by atoms with Crippen LogP contribution in [0.3, 0.4) is 0 Å². The van der Waals surface area contributed by atoms with Crippen molar-refractivity contribution in [2.24, 2.45) is 0 Å². The van der Waals surface area contributed by atoms with Crippen LogP contribution in [0.4, 0.5) is 0 Å². The fourth-order valence-corrected chi connectivity index (χ4v) is 0. The Morgan fingerprint density at radius 1 is 1.00 bits per heavy atom. The quantitative estimate of drug-likeness (QED) is 0.415. The summed E-state index contributed by atoms with van der Waals surface area (Å²) in [6, 6.07) is 0. The van der Waals surface area contributed by atoms with Gasteiger partial charge in [-0.25, -0.2) is 0 Å². The molecule has 0 radical (unpaired) electrons. The topological polar surface area (TPSA) is 14.1 Å². The van der Waals surface area contributed by atoms with E-state index in [0.29, 0.717) is 0 Å². The van der Waals surface area contributed by atoms with Crippen molar-refractivity contribution in [3.8, 4) is 0 Å². The van der Waals surface area contributed by atoms with Gasteiger partial charge >= 0.3 is 58.2 Å². The standard InChI is InChI=1S/C2H6N.C2H6.Rb/c1-3-2;1-2;/h1-2H3;1-2H3;/q-1;;+1. The van der Waals surface area contributed by atoms with Crippen molar-refractivity contribution in [3.05, 3.63) is 5.32 Å². The van der Waals surface area contributed by atoms with Crippen molar-refractivity contribution in [2.45, 2.75) is 13.8 Å². The van der Waals surface area contributed by atoms with Crippen LogP contribution < -0.4 is 58.2 Å². The fourth-order valence-electron chi connectivity index (χ4n) is 0. The minimum atomic E-state index is 0. The summed E-state index contributed by atoms with van der Waals surface area (Å²) in [4.78, 5) is 0. The molecule has 2 heteroatoms. The fraction of sp³-hybridized carbons (Fsp3) is 1.00. The summed E-state index contributed by atoms with van der Waals surface area (Å²) in [6.07, 6.45) is 0. The molecule has 0 rings (SSSR count). The summed E-state index contributed by atoms with van der Waals surface area (Å²) >= 11 is 0. The van der Waals surface area contributed by atoms with Crippen LogP contribution in [0.15, 0.2) is 0 Å². The second kappa shape index (κ2) is 29.4. The van der Waals surface area contributed by atoms with E-state index >= 15 is 0 Å². The Morgan fingerprint density at radius 3 is 1.00 bits per heavy atom. The zero-order valence-electron chi connectivity index (χ0n) is 5.45. The average Bonchev–Trinajstić information content (AvgIpc) is 1.46. The maximum Gasteiger partial charge on any atom is 1.00 e. The van der Waals surface area contributed by atoms with Gasteiger partial charge in [0.1, 0.15) is 0 Å². The maximum absolute atomic E-state index is 3.50. The molecule has 0 aromatic rings. The summed E-state index contributed by atoms with van der Waals surface area (Å²) in [6.45, 7) is 4.00. The van der Waals surface area contributed by atoms with Crippen LogP contribution in [0, 0.1) is 0 Å². The van der Waals surface area contributed by atoms with E-state index in [0.717, 1.165) is 0 Å². The van der Waals surface area contributed by atoms with Gasteiger partial charge in [-0.3, -0.25) is 0 Å². The largest absolute Gasteiger partial charge is 1.00 e. The van der Waals surface area contributed by atoms with Gasteiger partial charge in [-0.15, -0.1) is 0 Å². The van der Waals surface area contributed by atoms with Crippen molar-refractivity contribution in [3.63, 3.8) is 0 Å². The molecule has 0 fully saturated rings. The van der Waals surface area contributed by atoms with E-state index in [1.807, 2.05) is 13.8 Å². The Labute approximate surface area is 89.7 Å². The van der Waals surface area contributed by atoms with Crippen LogP contribution >= 0.6 is 0 Å². The molecule has 0 aliphatic rings. The first-order valence-corrected chi connectivity index (χ1v) is 1.89. The average molecular weight is 160 g/mol. The van der Waals surface area contributed by atoms with Gasteiger partial charge in [-0.2, -0.15) is 14.1 Å². The molecule has 0 amide bonds. The van der Waals surface area contributed by atoms with E-state index in [1.165, 1.54) is 0 Å². The molecule has 34 valence electrons. The van der Waals surface area contributed by atoms with Gasteiger partial charge in [0.05, 0.1) is 0 Å². The molecule has 0 aliphatic heterocycles. The van der Waals surface area contributed by atoms with Gasteiger partial charge in [0, 0.05) is 0 Å². The van der Waals surface area contributed by atoms with E-state index < -0.39 is 0 Å². The molecular formula is C4H12NRb. The zero-order chi connectivity index (χ0) is 4.71. The molecule has 0 aromatic heterocycles. The minimum Gasteiger partial charge on any atom is -0.668 e. The molecule has 0 atom stereocenters. The van der Waals surface area contributed by atoms with Gasteiger partial charge in [-0.05, 0) is 0 Å². The molecule has 6 heavy (non-hydrogen) atoms. The molecule has 0 spiro atoms. The van der Waals surface area contributed by atoms with Crippen molar-refractivity contribution in [1.29, 1.82) is 0 Å². The Balaban J connectivity index is -0.0000000275. The monoisotopic (exact) mass is 159 g/mol. The number of nitrogens with zero attached hydrogens (tertiary/aromatic N) is 1. The van der Waals surface area contributed by atoms with Crippen LogP contribution in [0.5, 0.6) is 0 Å². The van der Waals surface area contributed by atoms with Crippen molar-refractivity contribution in [1.82, 2.24) is 0 Å². The van der Waals surface area contributed by atoms with Gasteiger partial charge in [-0.1, -0.05) is 13.8 Å². The molecule has 0 saturated carbocycles. The molecular weight excluding hydrogens is 148 g/mol. The van der Waals surface area contributed by atoms with Crippen molar-refractivity contribution < 1.29 is 58.2 Å². The summed E-state index contributed by atoms with van der Waals surface area (Å²) < 4.78 is 0. The summed E-state index contributed by atoms with van der Waals surface area (Å²) in [7, 11) is 3.50. The van der Waals surface area contributed by atoms with E-state index in [-0.39, 0.29) is 58.2 Å². The Morgan fingerprint density at radius 2 is 1.00 bits per heavy atom. The predicted octanol–water partition coefficient (Wildman–Crippen LogP) is -1.35. The minimum absolute atomic E-state index is 0. The second-order valence-electron chi connectivity index (χ2n) is 0.447. The Bertz CT molecular complexity index is 7.51.